The molecule has 0 bridgehead atoms. The van der Waals surface area contributed by atoms with E-state index >= 15 is 0 Å². The minimum Gasteiger partial charge on any atom is -0.482 e. The summed E-state index contributed by atoms with van der Waals surface area (Å²) in [5.41, 5.74) is 4.24. The Bertz CT molecular complexity index is 819. The van der Waals surface area contributed by atoms with E-state index in [1.807, 2.05) is 32.9 Å². The molecule has 0 aromatic heterocycles. The molecule has 1 N–H and O–H groups in total. The van der Waals surface area contributed by atoms with E-state index in [0.29, 0.717) is 11.3 Å². The lowest BCUT2D eigenvalue weighted by Gasteiger charge is -2.17. The fraction of sp³-hybridized carbons (Fsp3) is 0.286. The number of aryl methyl sites for hydroxylation is 3. The fourth-order valence-electron chi connectivity index (χ4n) is 2.67. The summed E-state index contributed by atoms with van der Waals surface area (Å²) in [6.07, 6.45) is -0.242. The second-order valence-corrected chi connectivity index (χ2v) is 6.37. The van der Waals surface area contributed by atoms with Gasteiger partial charge in [0.2, 0.25) is 0 Å². The number of rotatable bonds is 7. The van der Waals surface area contributed by atoms with Gasteiger partial charge in [-0.15, -0.1) is 0 Å². The largest absolute Gasteiger partial charge is 0.482 e. The van der Waals surface area contributed by atoms with E-state index in [2.05, 4.69) is 5.32 Å². The van der Waals surface area contributed by atoms with Crippen LogP contribution in [0.15, 0.2) is 36.4 Å². The zero-order valence-corrected chi connectivity index (χ0v) is 15.9. The van der Waals surface area contributed by atoms with Crippen LogP contribution in [0.4, 0.5) is 5.69 Å². The van der Waals surface area contributed by atoms with Crippen molar-refractivity contribution in [2.75, 3.05) is 11.9 Å². The summed E-state index contributed by atoms with van der Waals surface area (Å²) in [5.74, 6) is -0.635. The molecule has 0 aliphatic carbocycles. The quantitative estimate of drug-likeness (QED) is 0.598. The molecule has 0 heterocycles. The average Bonchev–Trinajstić information content (AvgIpc) is 2.63. The van der Waals surface area contributed by atoms with Crippen molar-refractivity contribution < 1.29 is 23.9 Å². The number of benzene rings is 2. The SMILES string of the molecule is Cc1cc(C)c(NC(=O)[C@H](C)OC(=O)COc2ccc(C=O)cc2)c(C)c1. The molecule has 0 fully saturated rings. The van der Waals surface area contributed by atoms with Crippen LogP contribution in [0.1, 0.15) is 34.0 Å². The molecule has 0 aliphatic heterocycles. The van der Waals surface area contributed by atoms with E-state index in [1.54, 1.807) is 24.3 Å². The van der Waals surface area contributed by atoms with Gasteiger partial charge >= 0.3 is 5.97 Å². The highest BCUT2D eigenvalue weighted by molar-refractivity contribution is 5.96. The standard InChI is InChI=1S/C21H23NO5/c1-13-9-14(2)20(15(3)10-13)22-21(25)16(4)27-19(24)12-26-18-7-5-17(11-23)6-8-18/h5-11,16H,12H2,1-4H3,(H,22,25)/t16-/m0/s1. The lowest BCUT2D eigenvalue weighted by molar-refractivity contribution is -0.155. The normalized spacial score (nSPS) is 11.4. The molecule has 0 unspecified atom stereocenters. The number of esters is 1. The highest BCUT2D eigenvalue weighted by atomic mass is 16.6. The summed E-state index contributed by atoms with van der Waals surface area (Å²) in [7, 11) is 0. The fourth-order valence-corrected chi connectivity index (χ4v) is 2.67. The van der Waals surface area contributed by atoms with Gasteiger partial charge < -0.3 is 14.8 Å². The Hall–Kier alpha value is -3.15. The third-order valence-corrected chi connectivity index (χ3v) is 3.98. The smallest absolute Gasteiger partial charge is 0.344 e. The first-order valence-electron chi connectivity index (χ1n) is 8.56. The van der Waals surface area contributed by atoms with E-state index in [9.17, 15) is 14.4 Å². The predicted molar refractivity (Wildman–Crippen MR) is 102 cm³/mol. The van der Waals surface area contributed by atoms with Gasteiger partial charge in [0.25, 0.3) is 5.91 Å². The second-order valence-electron chi connectivity index (χ2n) is 6.37. The van der Waals surface area contributed by atoms with Gasteiger partial charge in [0.05, 0.1) is 0 Å². The Morgan fingerprint density at radius 3 is 2.22 bits per heavy atom. The first-order valence-corrected chi connectivity index (χ1v) is 8.56. The van der Waals surface area contributed by atoms with Crippen LogP contribution >= 0.6 is 0 Å². The summed E-state index contributed by atoms with van der Waals surface area (Å²) in [6, 6.07) is 10.3. The summed E-state index contributed by atoms with van der Waals surface area (Å²) >= 11 is 0. The Morgan fingerprint density at radius 2 is 1.67 bits per heavy atom. The number of anilines is 1. The number of hydrogen-bond donors (Lipinski definition) is 1. The van der Waals surface area contributed by atoms with Crippen molar-refractivity contribution in [3.05, 3.63) is 58.7 Å². The number of carbonyl (C=O) groups is 3. The minimum absolute atomic E-state index is 0.333. The highest BCUT2D eigenvalue weighted by Crippen LogP contribution is 2.22. The van der Waals surface area contributed by atoms with Crippen molar-refractivity contribution in [1.82, 2.24) is 0 Å². The lowest BCUT2D eigenvalue weighted by Crippen LogP contribution is -2.32. The molecule has 0 saturated carbocycles. The molecular weight excluding hydrogens is 346 g/mol. The van der Waals surface area contributed by atoms with Crippen LogP contribution in [0.3, 0.4) is 0 Å². The predicted octanol–water partition coefficient (Wildman–Crippen LogP) is 3.37. The van der Waals surface area contributed by atoms with Crippen LogP contribution in [-0.2, 0) is 14.3 Å². The summed E-state index contributed by atoms with van der Waals surface area (Å²) in [5, 5.41) is 2.81. The molecule has 0 aliphatic rings. The van der Waals surface area contributed by atoms with Crippen LogP contribution in [0.2, 0.25) is 0 Å². The minimum atomic E-state index is -0.960. The van der Waals surface area contributed by atoms with E-state index < -0.39 is 18.0 Å². The number of nitrogens with one attached hydrogen (secondary N) is 1. The van der Waals surface area contributed by atoms with Crippen molar-refractivity contribution in [3.8, 4) is 5.75 Å². The molecule has 0 spiro atoms. The summed E-state index contributed by atoms with van der Waals surface area (Å²) in [4.78, 5) is 34.8. The lowest BCUT2D eigenvalue weighted by atomic mass is 10.0. The van der Waals surface area contributed by atoms with Gasteiger partial charge in [0, 0.05) is 11.3 Å². The van der Waals surface area contributed by atoms with Crippen molar-refractivity contribution in [1.29, 1.82) is 0 Å². The highest BCUT2D eigenvalue weighted by Gasteiger charge is 2.19. The Kier molecular flexibility index (Phi) is 6.71. The maximum atomic E-state index is 12.3. The number of hydrogen-bond acceptors (Lipinski definition) is 5. The monoisotopic (exact) mass is 369 g/mol. The maximum absolute atomic E-state index is 12.3. The number of aldehydes is 1. The molecule has 0 saturated heterocycles. The van der Waals surface area contributed by atoms with Gasteiger partial charge in [-0.05, 0) is 63.1 Å². The van der Waals surface area contributed by atoms with Crippen molar-refractivity contribution in [2.24, 2.45) is 0 Å². The van der Waals surface area contributed by atoms with Crippen LogP contribution in [0.25, 0.3) is 0 Å². The Balaban J connectivity index is 1.88. The third kappa shape index (κ3) is 5.67. The zero-order valence-electron chi connectivity index (χ0n) is 15.9. The molecule has 2 aromatic carbocycles. The molecule has 0 radical (unpaired) electrons. The summed E-state index contributed by atoms with van der Waals surface area (Å²) in [6.45, 7) is 6.99. The molecule has 1 atom stereocenters. The van der Waals surface area contributed by atoms with E-state index in [1.165, 1.54) is 6.92 Å². The molecule has 27 heavy (non-hydrogen) atoms. The van der Waals surface area contributed by atoms with Crippen LogP contribution < -0.4 is 10.1 Å². The maximum Gasteiger partial charge on any atom is 0.344 e. The molecule has 142 valence electrons. The first kappa shape index (κ1) is 20.2. The molecule has 2 rings (SSSR count). The van der Waals surface area contributed by atoms with Crippen LogP contribution in [0.5, 0.6) is 5.75 Å². The van der Waals surface area contributed by atoms with Gasteiger partial charge in [0.15, 0.2) is 12.7 Å². The summed E-state index contributed by atoms with van der Waals surface area (Å²) < 4.78 is 10.4. The van der Waals surface area contributed by atoms with Gasteiger partial charge in [-0.1, -0.05) is 17.7 Å². The van der Waals surface area contributed by atoms with Crippen LogP contribution in [-0.4, -0.2) is 30.9 Å². The van der Waals surface area contributed by atoms with E-state index in [0.717, 1.165) is 28.7 Å². The second kappa shape index (κ2) is 8.98. The van der Waals surface area contributed by atoms with Gasteiger partial charge in [-0.3, -0.25) is 9.59 Å². The van der Waals surface area contributed by atoms with E-state index in [-0.39, 0.29) is 6.61 Å². The Labute approximate surface area is 158 Å². The number of carbonyl (C=O) groups excluding carboxylic acids is 3. The molecule has 1 amide bonds. The van der Waals surface area contributed by atoms with Gasteiger partial charge in [-0.25, -0.2) is 4.79 Å². The topological polar surface area (TPSA) is 81.7 Å². The van der Waals surface area contributed by atoms with Crippen LogP contribution in [0, 0.1) is 20.8 Å². The third-order valence-electron chi connectivity index (χ3n) is 3.98. The first-order chi connectivity index (χ1) is 12.8. The number of ether oxygens (including phenoxy) is 2. The van der Waals surface area contributed by atoms with Crippen molar-refractivity contribution in [2.45, 2.75) is 33.8 Å². The van der Waals surface area contributed by atoms with Crippen molar-refractivity contribution >= 4 is 23.9 Å². The molecule has 6 nitrogen and oxygen atoms in total. The number of amides is 1. The van der Waals surface area contributed by atoms with E-state index in [4.69, 9.17) is 9.47 Å². The molecular formula is C21H23NO5. The van der Waals surface area contributed by atoms with Crippen molar-refractivity contribution in [3.63, 3.8) is 0 Å². The molecule has 6 heteroatoms. The van der Waals surface area contributed by atoms with Gasteiger partial charge in [0.1, 0.15) is 12.0 Å². The molecule has 2 aromatic rings. The zero-order chi connectivity index (χ0) is 20.0. The van der Waals surface area contributed by atoms with Gasteiger partial charge in [-0.2, -0.15) is 0 Å². The average molecular weight is 369 g/mol. The Morgan fingerprint density at radius 1 is 1.07 bits per heavy atom.